The van der Waals surface area contributed by atoms with Crippen molar-refractivity contribution >= 4 is 11.6 Å². The maximum absolute atomic E-state index is 12.0. The molecule has 116 valence electrons. The lowest BCUT2D eigenvalue weighted by molar-refractivity contribution is 0.0915. The Balaban J connectivity index is 1.64. The van der Waals surface area contributed by atoms with Crippen molar-refractivity contribution < 1.29 is 14.4 Å². The molecule has 0 bridgehead atoms. The van der Waals surface area contributed by atoms with Crippen LogP contribution in [0.4, 0.5) is 5.69 Å². The van der Waals surface area contributed by atoms with E-state index < -0.39 is 6.10 Å². The minimum Gasteiger partial charge on any atom is -0.387 e. The summed E-state index contributed by atoms with van der Waals surface area (Å²) in [7, 11) is 2.06. The number of nitrogens with zero attached hydrogens (tertiary/aromatic N) is 2. The molecule has 1 atom stereocenters. The predicted octanol–water partition coefficient (Wildman–Crippen LogP) is 1.44. The highest BCUT2D eigenvalue weighted by atomic mass is 16.5. The van der Waals surface area contributed by atoms with Crippen molar-refractivity contribution in [2.45, 2.75) is 19.4 Å². The fourth-order valence-corrected chi connectivity index (χ4v) is 2.71. The summed E-state index contributed by atoms with van der Waals surface area (Å²) in [5.74, 6) is 0.172. The van der Waals surface area contributed by atoms with E-state index in [4.69, 9.17) is 4.52 Å². The topological polar surface area (TPSA) is 78.6 Å². The summed E-state index contributed by atoms with van der Waals surface area (Å²) in [6, 6.07) is 5.94. The number of aliphatic hydroxyl groups excluding tert-OH is 1. The molecule has 1 aliphatic heterocycles. The molecule has 6 heteroatoms. The van der Waals surface area contributed by atoms with Crippen LogP contribution in [0, 0.1) is 6.92 Å². The summed E-state index contributed by atoms with van der Waals surface area (Å²) in [5, 5.41) is 16.5. The number of aliphatic hydroxyl groups is 1. The van der Waals surface area contributed by atoms with Crippen molar-refractivity contribution in [3.63, 3.8) is 0 Å². The molecule has 0 saturated carbocycles. The molecule has 1 aromatic heterocycles. The number of nitrogens with one attached hydrogen (secondary N) is 1. The number of fused-ring (bicyclic) bond motifs is 1. The lowest BCUT2D eigenvalue weighted by Gasteiger charge is -2.15. The predicted molar refractivity (Wildman–Crippen MR) is 81.9 cm³/mol. The Morgan fingerprint density at radius 2 is 2.36 bits per heavy atom. The van der Waals surface area contributed by atoms with Crippen LogP contribution in [0.3, 0.4) is 0 Å². The second kappa shape index (κ2) is 5.81. The molecule has 1 aliphatic rings. The largest absolute Gasteiger partial charge is 0.387 e. The van der Waals surface area contributed by atoms with Gasteiger partial charge in [-0.1, -0.05) is 17.3 Å². The van der Waals surface area contributed by atoms with Crippen LogP contribution in [0.2, 0.25) is 0 Å². The molecule has 0 unspecified atom stereocenters. The van der Waals surface area contributed by atoms with Crippen LogP contribution >= 0.6 is 0 Å². The number of aryl methyl sites for hydroxylation is 1. The van der Waals surface area contributed by atoms with E-state index in [1.54, 1.807) is 6.92 Å². The minimum atomic E-state index is -0.736. The molecule has 0 fully saturated rings. The Morgan fingerprint density at radius 3 is 3.09 bits per heavy atom. The number of carbonyl (C=O) groups excluding carboxylic acids is 1. The highest BCUT2D eigenvalue weighted by molar-refractivity contribution is 5.94. The zero-order chi connectivity index (χ0) is 15.7. The molecule has 22 heavy (non-hydrogen) atoms. The average molecular weight is 301 g/mol. The maximum Gasteiger partial charge on any atom is 0.256 e. The van der Waals surface area contributed by atoms with Gasteiger partial charge in [0, 0.05) is 25.8 Å². The lowest BCUT2D eigenvalue weighted by Crippen LogP contribution is -2.28. The van der Waals surface area contributed by atoms with Crippen molar-refractivity contribution in [1.29, 1.82) is 0 Å². The molecular formula is C16H19N3O3. The van der Waals surface area contributed by atoms with Crippen LogP contribution in [0.5, 0.6) is 0 Å². The minimum absolute atomic E-state index is 0.151. The van der Waals surface area contributed by atoms with Crippen LogP contribution < -0.4 is 10.2 Å². The van der Waals surface area contributed by atoms with E-state index in [1.165, 1.54) is 17.4 Å². The first-order chi connectivity index (χ1) is 10.6. The molecule has 6 nitrogen and oxygen atoms in total. The first kappa shape index (κ1) is 14.6. The number of likely N-dealkylation sites (N-methyl/N-ethyl adjacent to an activating group) is 1. The van der Waals surface area contributed by atoms with Crippen LogP contribution in [-0.2, 0) is 6.42 Å². The third-order valence-corrected chi connectivity index (χ3v) is 4.07. The van der Waals surface area contributed by atoms with E-state index in [2.05, 4.69) is 22.4 Å². The Labute approximate surface area is 128 Å². The SMILES string of the molecule is Cc1oncc1C(=O)NC[C@@H](O)c1ccc2c(c1)CCN2C. The monoisotopic (exact) mass is 301 g/mol. The smallest absolute Gasteiger partial charge is 0.256 e. The van der Waals surface area contributed by atoms with Crippen molar-refractivity contribution in [1.82, 2.24) is 10.5 Å². The van der Waals surface area contributed by atoms with Gasteiger partial charge in [-0.2, -0.15) is 0 Å². The molecule has 2 heterocycles. The second-order valence-electron chi connectivity index (χ2n) is 5.58. The third kappa shape index (κ3) is 2.69. The van der Waals surface area contributed by atoms with Crippen LogP contribution in [0.15, 0.2) is 28.9 Å². The van der Waals surface area contributed by atoms with Crippen molar-refractivity contribution in [2.24, 2.45) is 0 Å². The van der Waals surface area contributed by atoms with Gasteiger partial charge in [-0.3, -0.25) is 4.79 Å². The van der Waals surface area contributed by atoms with Gasteiger partial charge in [0.15, 0.2) is 0 Å². The molecule has 0 spiro atoms. The van der Waals surface area contributed by atoms with E-state index in [-0.39, 0.29) is 12.5 Å². The zero-order valence-corrected chi connectivity index (χ0v) is 12.7. The van der Waals surface area contributed by atoms with Gasteiger partial charge >= 0.3 is 0 Å². The second-order valence-corrected chi connectivity index (χ2v) is 5.58. The molecule has 1 aromatic carbocycles. The van der Waals surface area contributed by atoms with Gasteiger partial charge in [0.2, 0.25) is 0 Å². The van der Waals surface area contributed by atoms with Crippen LogP contribution in [0.1, 0.15) is 33.3 Å². The number of hydrogen-bond acceptors (Lipinski definition) is 5. The van der Waals surface area contributed by atoms with Gasteiger partial charge in [-0.25, -0.2) is 0 Å². The Morgan fingerprint density at radius 1 is 1.55 bits per heavy atom. The van der Waals surface area contributed by atoms with E-state index in [0.717, 1.165) is 18.5 Å². The number of carbonyl (C=O) groups is 1. The lowest BCUT2D eigenvalue weighted by atomic mass is 10.0. The summed E-state index contributed by atoms with van der Waals surface area (Å²) < 4.78 is 4.86. The number of amides is 1. The Kier molecular flexibility index (Phi) is 3.85. The first-order valence-corrected chi connectivity index (χ1v) is 7.28. The number of rotatable bonds is 4. The molecule has 0 saturated heterocycles. The first-order valence-electron chi connectivity index (χ1n) is 7.28. The zero-order valence-electron chi connectivity index (χ0n) is 12.7. The summed E-state index contributed by atoms with van der Waals surface area (Å²) in [6.07, 6.45) is 1.63. The van der Waals surface area contributed by atoms with E-state index >= 15 is 0 Å². The summed E-state index contributed by atoms with van der Waals surface area (Å²) in [6.45, 7) is 2.83. The van der Waals surface area contributed by atoms with Crippen molar-refractivity contribution in [3.05, 3.63) is 46.8 Å². The van der Waals surface area contributed by atoms with Gasteiger partial charge in [-0.15, -0.1) is 0 Å². The fraction of sp³-hybridized carbons (Fsp3) is 0.375. The molecule has 0 aliphatic carbocycles. The molecule has 2 aromatic rings. The number of benzene rings is 1. The van der Waals surface area contributed by atoms with E-state index in [9.17, 15) is 9.90 Å². The van der Waals surface area contributed by atoms with Gasteiger partial charge < -0.3 is 19.8 Å². The fourth-order valence-electron chi connectivity index (χ4n) is 2.71. The van der Waals surface area contributed by atoms with Crippen molar-refractivity contribution in [3.8, 4) is 0 Å². The van der Waals surface area contributed by atoms with Gasteiger partial charge in [0.25, 0.3) is 5.91 Å². The van der Waals surface area contributed by atoms with Gasteiger partial charge in [-0.05, 0) is 30.5 Å². The molecule has 1 amide bonds. The quantitative estimate of drug-likeness (QED) is 0.893. The maximum atomic E-state index is 12.0. The highest BCUT2D eigenvalue weighted by Crippen LogP contribution is 2.29. The highest BCUT2D eigenvalue weighted by Gasteiger charge is 2.19. The van der Waals surface area contributed by atoms with E-state index in [1.807, 2.05) is 18.2 Å². The number of hydrogen-bond donors (Lipinski definition) is 2. The van der Waals surface area contributed by atoms with Crippen molar-refractivity contribution in [2.75, 3.05) is 25.0 Å². The summed E-state index contributed by atoms with van der Waals surface area (Å²) in [4.78, 5) is 14.2. The number of aromatic nitrogens is 1. The van der Waals surface area contributed by atoms with E-state index in [0.29, 0.717) is 11.3 Å². The van der Waals surface area contributed by atoms with Gasteiger partial charge in [0.1, 0.15) is 11.3 Å². The Hall–Kier alpha value is -2.34. The molecule has 0 radical (unpaired) electrons. The third-order valence-electron chi connectivity index (χ3n) is 4.07. The molecular weight excluding hydrogens is 282 g/mol. The van der Waals surface area contributed by atoms with Crippen LogP contribution in [0.25, 0.3) is 0 Å². The van der Waals surface area contributed by atoms with Gasteiger partial charge in [0.05, 0.1) is 12.3 Å². The standard InChI is InChI=1S/C16H19N3O3/c1-10-13(8-18-22-10)16(21)17-9-15(20)12-3-4-14-11(7-12)5-6-19(14)2/h3-4,7-8,15,20H,5-6,9H2,1-2H3,(H,17,21)/t15-/m1/s1. The number of anilines is 1. The van der Waals surface area contributed by atoms with Crippen LogP contribution in [-0.4, -0.2) is 36.3 Å². The molecule has 3 rings (SSSR count). The molecule has 2 N–H and O–H groups in total. The summed E-state index contributed by atoms with van der Waals surface area (Å²) >= 11 is 0. The Bertz CT molecular complexity index is 696. The normalized spacial score (nSPS) is 14.8. The average Bonchev–Trinajstić information content (AvgIpc) is 3.10. The summed E-state index contributed by atoms with van der Waals surface area (Å²) in [5.41, 5.74) is 3.65.